The molecule has 0 unspecified atom stereocenters. The number of carbonyl (C=O) groups is 2. The van der Waals surface area contributed by atoms with Gasteiger partial charge in [-0.15, -0.1) is 5.10 Å². The molecule has 0 saturated carbocycles. The Morgan fingerprint density at radius 1 is 1.23 bits per heavy atom. The van der Waals surface area contributed by atoms with E-state index in [1.165, 1.54) is 40.8 Å². The smallest absolute Gasteiger partial charge is 0.321 e. The third kappa shape index (κ3) is 4.51. The molecule has 1 fully saturated rings. The Labute approximate surface area is 218 Å². The Morgan fingerprint density at radius 2 is 2.00 bits per heavy atom. The maximum absolute atomic E-state index is 13.5. The van der Waals surface area contributed by atoms with E-state index in [4.69, 9.17) is 15.0 Å². The number of alkyl halides is 2. The van der Waals surface area contributed by atoms with Gasteiger partial charge in [-0.05, 0) is 32.0 Å². The highest BCUT2D eigenvalue weighted by atomic mass is 19.3. The van der Waals surface area contributed by atoms with Gasteiger partial charge in [0.15, 0.2) is 28.9 Å². The van der Waals surface area contributed by atoms with E-state index >= 15 is 0 Å². The summed E-state index contributed by atoms with van der Waals surface area (Å²) in [4.78, 5) is 39.4. The second-order valence-electron chi connectivity index (χ2n) is 9.05. The fraction of sp³-hybridized carbons (Fsp3) is 0.292. The predicted molar refractivity (Wildman–Crippen MR) is 134 cm³/mol. The monoisotopic (exact) mass is 543 g/mol. The summed E-state index contributed by atoms with van der Waals surface area (Å²) >= 11 is 0. The predicted octanol–water partition coefficient (Wildman–Crippen LogP) is 1.58. The lowest BCUT2D eigenvalue weighted by molar-refractivity contribution is -0.170. The van der Waals surface area contributed by atoms with Crippen molar-refractivity contribution in [1.29, 1.82) is 0 Å². The standard InChI is InChI=1S/C24H23F2N7O6/c1-12-9-17(29-33(12)14-4-6-18(34)32(11-14)23(25)26)31-7-8-38-24(2,22(31)37)19(35)21(36)28-13-3-5-15-16(10-13)39-30-20(15)27/h3-6,9-11,19,23,35H,7-8H2,1-2H3,(H2,27,30)(H,28,36)/t19-,24+/m0/s1. The number of hydrogen-bond acceptors (Lipinski definition) is 9. The summed E-state index contributed by atoms with van der Waals surface area (Å²) in [6.45, 7) is -0.0938. The Balaban J connectivity index is 1.38. The van der Waals surface area contributed by atoms with E-state index in [1.54, 1.807) is 13.0 Å². The van der Waals surface area contributed by atoms with Gasteiger partial charge in [0.2, 0.25) is 0 Å². The molecule has 1 aromatic carbocycles. The van der Waals surface area contributed by atoms with E-state index in [-0.39, 0.29) is 40.7 Å². The minimum atomic E-state index is -3.04. The molecule has 1 saturated heterocycles. The SMILES string of the molecule is Cc1cc(N2CCO[C@](C)([C@@H](O)C(=O)Nc3ccc4c(N)noc4c3)C2=O)nn1-c1ccc(=O)n(C(F)F)c1. The second kappa shape index (κ2) is 9.59. The van der Waals surface area contributed by atoms with Crippen molar-refractivity contribution < 1.29 is 32.7 Å². The molecule has 4 heterocycles. The Hall–Kier alpha value is -4.63. The third-order valence-corrected chi connectivity index (χ3v) is 6.45. The average molecular weight is 543 g/mol. The first-order valence-corrected chi connectivity index (χ1v) is 11.7. The molecule has 204 valence electrons. The Kier molecular flexibility index (Phi) is 6.40. The van der Waals surface area contributed by atoms with Gasteiger partial charge in [-0.3, -0.25) is 23.9 Å². The fourth-order valence-corrected chi connectivity index (χ4v) is 4.31. The van der Waals surface area contributed by atoms with Gasteiger partial charge in [-0.25, -0.2) is 4.68 Å². The second-order valence-corrected chi connectivity index (χ2v) is 9.05. The summed E-state index contributed by atoms with van der Waals surface area (Å²) in [5.74, 6) is -1.32. The van der Waals surface area contributed by atoms with Gasteiger partial charge < -0.3 is 25.4 Å². The van der Waals surface area contributed by atoms with Crippen LogP contribution in [0.1, 0.15) is 19.2 Å². The van der Waals surface area contributed by atoms with Crippen molar-refractivity contribution in [3.63, 3.8) is 0 Å². The Morgan fingerprint density at radius 3 is 2.74 bits per heavy atom. The molecule has 15 heteroatoms. The van der Waals surface area contributed by atoms with Gasteiger partial charge in [0.25, 0.3) is 17.4 Å². The summed E-state index contributed by atoms with van der Waals surface area (Å²) in [5.41, 5.74) is 4.08. The lowest BCUT2D eigenvalue weighted by Gasteiger charge is -2.40. The van der Waals surface area contributed by atoms with Crippen LogP contribution in [-0.2, 0) is 14.3 Å². The molecule has 3 aromatic heterocycles. The number of halogens is 2. The highest BCUT2D eigenvalue weighted by Gasteiger charge is 2.51. The van der Waals surface area contributed by atoms with Crippen LogP contribution in [0.25, 0.3) is 16.7 Å². The maximum atomic E-state index is 13.5. The van der Waals surface area contributed by atoms with E-state index in [0.29, 0.717) is 16.7 Å². The summed E-state index contributed by atoms with van der Waals surface area (Å²) in [5, 5.41) is 21.9. The van der Waals surface area contributed by atoms with Crippen molar-refractivity contribution in [3.05, 3.63) is 58.6 Å². The summed E-state index contributed by atoms with van der Waals surface area (Å²) in [7, 11) is 0. The number of aliphatic hydroxyl groups excluding tert-OH is 1. The van der Waals surface area contributed by atoms with E-state index in [2.05, 4.69) is 15.6 Å². The van der Waals surface area contributed by atoms with E-state index < -0.39 is 35.6 Å². The van der Waals surface area contributed by atoms with Gasteiger partial charge in [0.05, 0.1) is 24.2 Å². The first-order chi connectivity index (χ1) is 18.5. The van der Waals surface area contributed by atoms with Crippen molar-refractivity contribution in [1.82, 2.24) is 19.5 Å². The first kappa shape index (κ1) is 26.0. The minimum Gasteiger partial charge on any atom is -0.380 e. The molecule has 4 aromatic rings. The van der Waals surface area contributed by atoms with Gasteiger partial charge in [-0.2, -0.15) is 8.78 Å². The highest BCUT2D eigenvalue weighted by molar-refractivity contribution is 6.06. The number of fused-ring (bicyclic) bond motifs is 1. The number of morpholine rings is 1. The molecule has 0 aliphatic carbocycles. The number of rotatable bonds is 6. The number of amides is 2. The first-order valence-electron chi connectivity index (χ1n) is 11.7. The number of carbonyl (C=O) groups excluding carboxylic acids is 2. The molecule has 4 N–H and O–H groups in total. The van der Waals surface area contributed by atoms with Crippen LogP contribution in [0.4, 0.5) is 26.1 Å². The van der Waals surface area contributed by atoms with Crippen molar-refractivity contribution in [2.75, 3.05) is 29.1 Å². The number of ether oxygens (including phenoxy) is 1. The van der Waals surface area contributed by atoms with E-state index in [9.17, 15) is 28.3 Å². The number of nitrogen functional groups attached to an aromatic ring is 1. The number of pyridine rings is 1. The number of hydrogen-bond donors (Lipinski definition) is 3. The van der Waals surface area contributed by atoms with Gasteiger partial charge in [0.1, 0.15) is 0 Å². The number of nitrogens with zero attached hydrogens (tertiary/aromatic N) is 5. The number of anilines is 3. The highest BCUT2D eigenvalue weighted by Crippen LogP contribution is 2.30. The number of nitrogens with two attached hydrogens (primary N) is 1. The Bertz CT molecular complexity index is 1650. The molecular weight excluding hydrogens is 520 g/mol. The zero-order valence-corrected chi connectivity index (χ0v) is 20.7. The minimum absolute atomic E-state index is 0.0297. The number of aryl methyl sites for hydroxylation is 1. The molecule has 2 atom stereocenters. The van der Waals surface area contributed by atoms with Crippen LogP contribution in [0.3, 0.4) is 0 Å². The molecule has 13 nitrogen and oxygen atoms in total. The normalized spacial score (nSPS) is 18.6. The van der Waals surface area contributed by atoms with Crippen LogP contribution >= 0.6 is 0 Å². The lowest BCUT2D eigenvalue weighted by atomic mass is 9.94. The largest absolute Gasteiger partial charge is 0.380 e. The van der Waals surface area contributed by atoms with Gasteiger partial charge >= 0.3 is 6.55 Å². The summed E-state index contributed by atoms with van der Waals surface area (Å²) in [6.07, 6.45) is -0.957. The molecular formula is C24H23F2N7O6. The van der Waals surface area contributed by atoms with Crippen molar-refractivity contribution in [2.24, 2.45) is 0 Å². The van der Waals surface area contributed by atoms with Crippen molar-refractivity contribution in [3.8, 4) is 5.69 Å². The molecule has 5 rings (SSSR count). The molecule has 0 radical (unpaired) electrons. The van der Waals surface area contributed by atoms with E-state index in [0.717, 1.165) is 12.3 Å². The van der Waals surface area contributed by atoms with Crippen LogP contribution < -0.4 is 21.5 Å². The number of aromatic nitrogens is 4. The van der Waals surface area contributed by atoms with E-state index in [1.807, 2.05) is 0 Å². The van der Waals surface area contributed by atoms with Crippen LogP contribution in [0, 0.1) is 6.92 Å². The number of benzene rings is 1. The maximum Gasteiger partial charge on any atom is 0.321 e. The van der Waals surface area contributed by atoms with Crippen molar-refractivity contribution >= 4 is 40.1 Å². The summed E-state index contributed by atoms with van der Waals surface area (Å²) < 4.78 is 38.6. The molecule has 1 aliphatic rings. The zero-order chi connectivity index (χ0) is 28.1. The van der Waals surface area contributed by atoms with Crippen LogP contribution in [-0.4, -0.2) is 61.3 Å². The number of aliphatic hydroxyl groups is 1. The molecule has 39 heavy (non-hydrogen) atoms. The van der Waals surface area contributed by atoms with Crippen LogP contribution in [0.15, 0.2) is 51.9 Å². The quantitative estimate of drug-likeness (QED) is 0.327. The van der Waals surface area contributed by atoms with Crippen LogP contribution in [0.5, 0.6) is 0 Å². The average Bonchev–Trinajstić information content (AvgIpc) is 3.47. The fourth-order valence-electron chi connectivity index (χ4n) is 4.31. The topological polar surface area (TPSA) is 171 Å². The van der Waals surface area contributed by atoms with Gasteiger partial charge in [-0.1, -0.05) is 5.16 Å². The van der Waals surface area contributed by atoms with Crippen molar-refractivity contribution in [2.45, 2.75) is 32.1 Å². The molecule has 0 bridgehead atoms. The third-order valence-electron chi connectivity index (χ3n) is 6.45. The van der Waals surface area contributed by atoms with Gasteiger partial charge in [0, 0.05) is 35.8 Å². The molecule has 1 aliphatic heterocycles. The number of nitrogens with one attached hydrogen (secondary N) is 1. The molecule has 2 amide bonds. The molecule has 0 spiro atoms. The summed E-state index contributed by atoms with van der Waals surface area (Å²) in [6, 6.07) is 8.44. The lowest BCUT2D eigenvalue weighted by Crippen LogP contribution is -2.63. The zero-order valence-electron chi connectivity index (χ0n) is 20.7. The van der Waals surface area contributed by atoms with Crippen LogP contribution in [0.2, 0.25) is 0 Å².